The molecule has 4 rings (SSSR count). The van der Waals surface area contributed by atoms with Crippen molar-refractivity contribution in [2.24, 2.45) is 0 Å². The minimum atomic E-state index is -3.81. The molecule has 7 nitrogen and oxygen atoms in total. The number of benzene rings is 2. The zero-order valence-corrected chi connectivity index (χ0v) is 17.9. The standard InChI is InChI=1S/C20H14ClN3O4S2/c1-12(25)28-20-23-16-8-7-13(10-18(16)29-20)14-9-17(19(21)22-11-14)24-30(26,27)15-5-3-2-4-6-15/h2-11,24H,1H3. The number of carbonyl (C=O) groups excluding carboxylic acids is 1. The van der Waals surface area contributed by atoms with Crippen LogP contribution in [0.5, 0.6) is 5.19 Å². The van der Waals surface area contributed by atoms with E-state index in [0.29, 0.717) is 11.1 Å². The summed E-state index contributed by atoms with van der Waals surface area (Å²) in [7, 11) is -3.81. The van der Waals surface area contributed by atoms with E-state index >= 15 is 0 Å². The fourth-order valence-electron chi connectivity index (χ4n) is 2.73. The molecule has 0 saturated carbocycles. The second-order valence-corrected chi connectivity index (χ2v) is 9.27. The van der Waals surface area contributed by atoms with Crippen molar-refractivity contribution in [3.05, 3.63) is 65.9 Å². The lowest BCUT2D eigenvalue weighted by atomic mass is 10.1. The molecule has 0 spiro atoms. The molecule has 0 amide bonds. The Hall–Kier alpha value is -3.01. The first-order chi connectivity index (χ1) is 14.3. The van der Waals surface area contributed by atoms with Crippen molar-refractivity contribution >= 4 is 54.8 Å². The Labute approximate surface area is 181 Å². The number of hydrogen-bond acceptors (Lipinski definition) is 7. The number of halogens is 1. The molecule has 152 valence electrons. The zero-order valence-electron chi connectivity index (χ0n) is 15.5. The maximum absolute atomic E-state index is 12.6. The van der Waals surface area contributed by atoms with E-state index < -0.39 is 16.0 Å². The number of esters is 1. The SMILES string of the molecule is CC(=O)Oc1nc2ccc(-c3cnc(Cl)c(NS(=O)(=O)c4ccccc4)c3)cc2s1. The van der Waals surface area contributed by atoms with E-state index in [9.17, 15) is 13.2 Å². The van der Waals surface area contributed by atoms with Gasteiger partial charge in [0.15, 0.2) is 5.15 Å². The van der Waals surface area contributed by atoms with E-state index in [0.717, 1.165) is 10.3 Å². The second-order valence-electron chi connectivity index (χ2n) is 6.24. The number of rotatable bonds is 5. The van der Waals surface area contributed by atoms with Gasteiger partial charge >= 0.3 is 5.97 Å². The predicted octanol–water partition coefficient (Wildman–Crippen LogP) is 4.74. The molecule has 10 heteroatoms. The average molecular weight is 460 g/mol. The second kappa shape index (κ2) is 8.02. The normalized spacial score (nSPS) is 11.4. The highest BCUT2D eigenvalue weighted by Gasteiger charge is 2.17. The van der Waals surface area contributed by atoms with Gasteiger partial charge in [-0.3, -0.25) is 9.52 Å². The number of thiazole rings is 1. The first kappa shape index (κ1) is 20.3. The first-order valence-corrected chi connectivity index (χ1v) is 11.3. The highest BCUT2D eigenvalue weighted by molar-refractivity contribution is 7.92. The van der Waals surface area contributed by atoms with E-state index in [1.165, 1.54) is 30.4 Å². The van der Waals surface area contributed by atoms with Crippen molar-refractivity contribution < 1.29 is 17.9 Å². The molecule has 2 aromatic carbocycles. The van der Waals surface area contributed by atoms with Crippen LogP contribution in [0.3, 0.4) is 0 Å². The summed E-state index contributed by atoms with van der Waals surface area (Å²) >= 11 is 7.37. The number of ether oxygens (including phenoxy) is 1. The average Bonchev–Trinajstić information content (AvgIpc) is 3.11. The van der Waals surface area contributed by atoms with Crippen molar-refractivity contribution in [1.82, 2.24) is 9.97 Å². The van der Waals surface area contributed by atoms with E-state index in [4.69, 9.17) is 16.3 Å². The van der Waals surface area contributed by atoms with Crippen LogP contribution in [0.2, 0.25) is 5.15 Å². The maximum atomic E-state index is 12.6. The van der Waals surface area contributed by atoms with Crippen LogP contribution in [-0.2, 0) is 14.8 Å². The van der Waals surface area contributed by atoms with Crippen molar-refractivity contribution in [2.75, 3.05) is 4.72 Å². The summed E-state index contributed by atoms with van der Waals surface area (Å²) in [5.41, 5.74) is 2.30. The van der Waals surface area contributed by atoms with Gasteiger partial charge in [0.05, 0.1) is 20.8 Å². The Balaban J connectivity index is 1.68. The van der Waals surface area contributed by atoms with Crippen molar-refractivity contribution in [3.63, 3.8) is 0 Å². The Kier molecular flexibility index (Phi) is 5.42. The molecule has 0 aliphatic carbocycles. The molecule has 0 bridgehead atoms. The minimum absolute atomic E-state index is 0.0364. The van der Waals surface area contributed by atoms with Gasteiger partial charge in [-0.2, -0.15) is 0 Å². The summed E-state index contributed by atoms with van der Waals surface area (Å²) in [6.07, 6.45) is 1.55. The van der Waals surface area contributed by atoms with E-state index in [1.807, 2.05) is 12.1 Å². The van der Waals surface area contributed by atoms with Gasteiger partial charge in [0.2, 0.25) is 0 Å². The lowest BCUT2D eigenvalue weighted by Gasteiger charge is -2.11. The van der Waals surface area contributed by atoms with Gasteiger partial charge in [-0.1, -0.05) is 47.2 Å². The van der Waals surface area contributed by atoms with Gasteiger partial charge in [-0.25, -0.2) is 18.4 Å². The van der Waals surface area contributed by atoms with Crippen LogP contribution in [0.25, 0.3) is 21.3 Å². The van der Waals surface area contributed by atoms with Crippen molar-refractivity contribution in [1.29, 1.82) is 0 Å². The summed E-state index contributed by atoms with van der Waals surface area (Å²) in [6, 6.07) is 15.1. The summed E-state index contributed by atoms with van der Waals surface area (Å²) in [5, 5.41) is 0.300. The van der Waals surface area contributed by atoms with Crippen LogP contribution < -0.4 is 9.46 Å². The van der Waals surface area contributed by atoms with E-state index in [1.54, 1.807) is 36.5 Å². The van der Waals surface area contributed by atoms with E-state index in [2.05, 4.69) is 14.7 Å². The van der Waals surface area contributed by atoms with Crippen LogP contribution in [-0.4, -0.2) is 24.4 Å². The third-order valence-corrected chi connectivity index (χ3v) is 6.65. The monoisotopic (exact) mass is 459 g/mol. The van der Waals surface area contributed by atoms with Crippen LogP contribution >= 0.6 is 22.9 Å². The largest absolute Gasteiger partial charge is 0.398 e. The van der Waals surface area contributed by atoms with Gasteiger partial charge in [-0.15, -0.1) is 0 Å². The molecule has 0 unspecified atom stereocenters. The zero-order chi connectivity index (χ0) is 21.3. The number of anilines is 1. The van der Waals surface area contributed by atoms with Crippen LogP contribution in [0.4, 0.5) is 5.69 Å². The number of fused-ring (bicyclic) bond motifs is 1. The molecule has 4 aromatic rings. The molecule has 2 aromatic heterocycles. The number of aromatic nitrogens is 2. The molecule has 0 fully saturated rings. The summed E-state index contributed by atoms with van der Waals surface area (Å²) < 4.78 is 33.6. The van der Waals surface area contributed by atoms with Crippen LogP contribution in [0, 0.1) is 0 Å². The molecule has 0 aliphatic heterocycles. The molecular formula is C20H14ClN3O4S2. The van der Waals surface area contributed by atoms with Gasteiger partial charge in [0.25, 0.3) is 15.2 Å². The molecule has 0 atom stereocenters. The number of hydrogen-bond donors (Lipinski definition) is 1. The van der Waals surface area contributed by atoms with Crippen LogP contribution in [0.1, 0.15) is 6.92 Å². The van der Waals surface area contributed by atoms with Gasteiger partial charge in [0.1, 0.15) is 0 Å². The summed E-state index contributed by atoms with van der Waals surface area (Å²) in [5.74, 6) is -0.438. The third kappa shape index (κ3) is 4.28. The number of nitrogens with one attached hydrogen (secondary N) is 1. The van der Waals surface area contributed by atoms with Gasteiger partial charge in [0, 0.05) is 18.7 Å². The van der Waals surface area contributed by atoms with Crippen molar-refractivity contribution in [2.45, 2.75) is 11.8 Å². The highest BCUT2D eigenvalue weighted by atomic mass is 35.5. The number of nitrogens with zero attached hydrogens (tertiary/aromatic N) is 2. The number of sulfonamides is 1. The Morgan fingerprint density at radius 3 is 2.60 bits per heavy atom. The lowest BCUT2D eigenvalue weighted by Crippen LogP contribution is -2.13. The Bertz CT molecular complexity index is 1360. The first-order valence-electron chi connectivity index (χ1n) is 8.64. The summed E-state index contributed by atoms with van der Waals surface area (Å²) in [6.45, 7) is 1.31. The van der Waals surface area contributed by atoms with Crippen LogP contribution in [0.15, 0.2) is 65.7 Å². The maximum Gasteiger partial charge on any atom is 0.309 e. The fourth-order valence-corrected chi connectivity index (χ4v) is 4.91. The number of pyridine rings is 1. The highest BCUT2D eigenvalue weighted by Crippen LogP contribution is 2.33. The smallest absolute Gasteiger partial charge is 0.309 e. The molecule has 2 heterocycles. The molecule has 30 heavy (non-hydrogen) atoms. The topological polar surface area (TPSA) is 98.2 Å². The van der Waals surface area contributed by atoms with Crippen molar-refractivity contribution in [3.8, 4) is 16.3 Å². The molecule has 0 aliphatic rings. The summed E-state index contributed by atoms with van der Waals surface area (Å²) in [4.78, 5) is 19.6. The molecular weight excluding hydrogens is 446 g/mol. The fraction of sp³-hybridized carbons (Fsp3) is 0.0500. The van der Waals surface area contributed by atoms with E-state index in [-0.39, 0.29) is 20.9 Å². The Morgan fingerprint density at radius 2 is 1.87 bits per heavy atom. The molecule has 1 N–H and O–H groups in total. The van der Waals surface area contributed by atoms with Gasteiger partial charge < -0.3 is 4.74 Å². The van der Waals surface area contributed by atoms with Gasteiger partial charge in [-0.05, 0) is 35.9 Å². The number of carbonyl (C=O) groups is 1. The minimum Gasteiger partial charge on any atom is -0.398 e. The lowest BCUT2D eigenvalue weighted by molar-refractivity contribution is -0.131. The third-order valence-electron chi connectivity index (χ3n) is 4.07. The molecule has 0 radical (unpaired) electrons. The molecule has 0 saturated heterocycles. The quantitative estimate of drug-likeness (QED) is 0.342. The predicted molar refractivity (Wildman–Crippen MR) is 116 cm³/mol. The Morgan fingerprint density at radius 1 is 1.10 bits per heavy atom.